The molecule has 1 aliphatic rings. The molecule has 3 aromatic carbocycles. The second-order valence-corrected chi connectivity index (χ2v) is 9.87. The van der Waals surface area contributed by atoms with Crippen LogP contribution >= 0.6 is 0 Å². The molecule has 1 aromatic heterocycles. The van der Waals surface area contributed by atoms with Gasteiger partial charge < -0.3 is 15.1 Å². The van der Waals surface area contributed by atoms with Crippen molar-refractivity contribution in [1.29, 1.82) is 0 Å². The highest BCUT2D eigenvalue weighted by atomic mass is 19.4. The van der Waals surface area contributed by atoms with Gasteiger partial charge in [0.15, 0.2) is 0 Å². The van der Waals surface area contributed by atoms with Crippen LogP contribution in [0.2, 0.25) is 0 Å². The molecule has 0 spiro atoms. The van der Waals surface area contributed by atoms with Gasteiger partial charge in [-0.3, -0.25) is 9.36 Å². The van der Waals surface area contributed by atoms with Gasteiger partial charge in [0.25, 0.3) is 0 Å². The maximum atomic E-state index is 14.0. The van der Waals surface area contributed by atoms with Crippen LogP contribution in [0.3, 0.4) is 0 Å². The van der Waals surface area contributed by atoms with Crippen LogP contribution in [0.25, 0.3) is 16.7 Å². The van der Waals surface area contributed by atoms with Crippen molar-refractivity contribution in [3.05, 3.63) is 84.2 Å². The number of imidazole rings is 1. The zero-order valence-corrected chi connectivity index (χ0v) is 21.4. The molecule has 0 unspecified atom stereocenters. The third kappa shape index (κ3) is 5.52. The number of hydrogen-bond acceptors (Lipinski definition) is 4. The first-order valence-corrected chi connectivity index (χ1v) is 12.6. The molecule has 6 nitrogen and oxygen atoms in total. The number of rotatable bonds is 6. The molecule has 38 heavy (non-hydrogen) atoms. The van der Waals surface area contributed by atoms with E-state index in [1.54, 1.807) is 24.5 Å². The molecule has 1 N–H and O–H groups in total. The van der Waals surface area contributed by atoms with E-state index < -0.39 is 17.6 Å². The Balaban J connectivity index is 1.29. The number of fused-ring (bicyclic) bond motifs is 1. The fraction of sp³-hybridized carbons (Fsp3) is 0.310. The van der Waals surface area contributed by atoms with Crippen molar-refractivity contribution >= 4 is 28.3 Å². The Hall–Kier alpha value is -3.85. The maximum Gasteiger partial charge on any atom is 0.418 e. The number of anilines is 2. The van der Waals surface area contributed by atoms with E-state index >= 15 is 0 Å². The summed E-state index contributed by atoms with van der Waals surface area (Å²) in [5.74, 6) is -0.507. The Bertz CT molecular complexity index is 1420. The van der Waals surface area contributed by atoms with E-state index in [2.05, 4.69) is 15.2 Å². The first-order valence-electron chi connectivity index (χ1n) is 12.6. The number of hydrogen-bond donors (Lipinski definition) is 1. The van der Waals surface area contributed by atoms with Crippen molar-refractivity contribution in [2.45, 2.75) is 31.5 Å². The average molecular weight is 522 g/mol. The number of halogens is 3. The normalized spacial score (nSPS) is 15.1. The molecule has 1 saturated heterocycles. The van der Waals surface area contributed by atoms with Crippen molar-refractivity contribution in [1.82, 2.24) is 14.5 Å². The maximum absolute atomic E-state index is 14.0. The second-order valence-electron chi connectivity index (χ2n) is 9.87. The van der Waals surface area contributed by atoms with Gasteiger partial charge in [-0.25, -0.2) is 4.98 Å². The van der Waals surface area contributed by atoms with Gasteiger partial charge in [-0.15, -0.1) is 0 Å². The number of benzene rings is 3. The largest absolute Gasteiger partial charge is 0.418 e. The predicted octanol–water partition coefficient (Wildman–Crippen LogP) is 5.76. The van der Waals surface area contributed by atoms with Crippen LogP contribution in [0.4, 0.5) is 24.5 Å². The third-order valence-corrected chi connectivity index (χ3v) is 7.26. The first-order chi connectivity index (χ1) is 18.2. The second kappa shape index (κ2) is 10.5. The Labute approximate surface area is 219 Å². The van der Waals surface area contributed by atoms with Gasteiger partial charge in [0.1, 0.15) is 6.33 Å². The molecule has 2 heterocycles. The number of nitrogens with zero attached hydrogens (tertiary/aromatic N) is 4. The molecule has 1 amide bonds. The summed E-state index contributed by atoms with van der Waals surface area (Å²) in [5.41, 5.74) is 2.83. The highest BCUT2D eigenvalue weighted by molar-refractivity contribution is 5.93. The summed E-state index contributed by atoms with van der Waals surface area (Å²) in [7, 11) is 3.88. The molecule has 0 atom stereocenters. The summed E-state index contributed by atoms with van der Waals surface area (Å²) < 4.78 is 43.8. The third-order valence-electron chi connectivity index (χ3n) is 7.26. The number of nitrogens with one attached hydrogen (secondary N) is 1. The summed E-state index contributed by atoms with van der Waals surface area (Å²) in [5, 5.41) is 2.48. The van der Waals surface area contributed by atoms with Gasteiger partial charge in [-0.05, 0) is 81.0 Å². The molecule has 0 radical (unpaired) electrons. The number of aromatic nitrogens is 2. The van der Waals surface area contributed by atoms with E-state index in [0.29, 0.717) is 11.3 Å². The molecule has 198 valence electrons. The molecule has 0 aliphatic carbocycles. The quantitative estimate of drug-likeness (QED) is 0.351. The molecular formula is C29H30F3N5O. The number of carbonyl (C=O) groups is 1. The van der Waals surface area contributed by atoms with E-state index in [1.807, 2.05) is 60.0 Å². The van der Waals surface area contributed by atoms with Crippen molar-refractivity contribution in [2.24, 2.45) is 0 Å². The van der Waals surface area contributed by atoms with Crippen LogP contribution in [0.15, 0.2) is 73.1 Å². The number of para-hydroxylation sites is 2. The van der Waals surface area contributed by atoms with Gasteiger partial charge in [0, 0.05) is 24.5 Å². The van der Waals surface area contributed by atoms with Gasteiger partial charge in [0.2, 0.25) is 5.91 Å². The van der Waals surface area contributed by atoms with Crippen molar-refractivity contribution < 1.29 is 18.0 Å². The SMILES string of the molecule is CN1CCC(N(C)c2ccc(NC(=O)Cc3ccc(-n4cnc5ccccc54)cc3)c(C(F)(F)F)c2)CC1. The summed E-state index contributed by atoms with van der Waals surface area (Å²) in [6.45, 7) is 1.82. The molecule has 9 heteroatoms. The molecular weight excluding hydrogens is 491 g/mol. The minimum absolute atomic E-state index is 0.0422. The zero-order valence-electron chi connectivity index (χ0n) is 21.4. The highest BCUT2D eigenvalue weighted by Crippen LogP contribution is 2.38. The van der Waals surface area contributed by atoms with Crippen LogP contribution in [-0.2, 0) is 17.4 Å². The van der Waals surface area contributed by atoms with E-state index in [-0.39, 0.29) is 18.2 Å². The lowest BCUT2D eigenvalue weighted by molar-refractivity contribution is -0.136. The van der Waals surface area contributed by atoms with Crippen molar-refractivity contribution in [3.63, 3.8) is 0 Å². The zero-order chi connectivity index (χ0) is 26.9. The summed E-state index contributed by atoms with van der Waals surface area (Å²) in [6, 6.07) is 19.4. The number of carbonyl (C=O) groups excluding carboxylic acids is 1. The van der Waals surface area contributed by atoms with E-state index in [4.69, 9.17) is 0 Å². The molecule has 1 fully saturated rings. The predicted molar refractivity (Wildman–Crippen MR) is 144 cm³/mol. The minimum Gasteiger partial charge on any atom is -0.371 e. The highest BCUT2D eigenvalue weighted by Gasteiger charge is 2.35. The van der Waals surface area contributed by atoms with Gasteiger partial charge >= 0.3 is 6.18 Å². The van der Waals surface area contributed by atoms with Gasteiger partial charge in [-0.1, -0.05) is 24.3 Å². The average Bonchev–Trinajstić information content (AvgIpc) is 3.33. The van der Waals surface area contributed by atoms with Crippen LogP contribution in [0, 0.1) is 0 Å². The van der Waals surface area contributed by atoms with Crippen molar-refractivity contribution in [3.8, 4) is 5.69 Å². The summed E-state index contributed by atoms with van der Waals surface area (Å²) in [6.07, 6.45) is -1.12. The van der Waals surface area contributed by atoms with E-state index in [9.17, 15) is 18.0 Å². The Morgan fingerprint density at radius 2 is 1.76 bits per heavy atom. The fourth-order valence-electron chi connectivity index (χ4n) is 5.01. The molecule has 0 bridgehead atoms. The van der Waals surface area contributed by atoms with Gasteiger partial charge in [0.05, 0.1) is 28.7 Å². The van der Waals surface area contributed by atoms with Crippen molar-refractivity contribution in [2.75, 3.05) is 37.4 Å². The minimum atomic E-state index is -4.60. The molecule has 4 aromatic rings. The number of likely N-dealkylation sites (tertiary alicyclic amines) is 1. The van der Waals surface area contributed by atoms with Crippen LogP contribution < -0.4 is 10.2 Å². The monoisotopic (exact) mass is 521 g/mol. The number of amides is 1. The number of piperidine rings is 1. The van der Waals surface area contributed by atoms with Crippen LogP contribution in [0.5, 0.6) is 0 Å². The van der Waals surface area contributed by atoms with Crippen LogP contribution in [-0.4, -0.2) is 53.6 Å². The summed E-state index contributed by atoms with van der Waals surface area (Å²) in [4.78, 5) is 21.3. The molecule has 1 aliphatic heterocycles. The standard InChI is InChI=1S/C29H30F3N5O/c1-35-15-13-21(14-16-35)36(2)23-11-12-25(24(18-23)29(30,31)32)34-28(38)17-20-7-9-22(10-8-20)37-19-33-26-5-3-4-6-27(26)37/h3-12,18-19,21H,13-17H2,1-2H3,(H,34,38). The Kier molecular flexibility index (Phi) is 7.12. The lowest BCUT2D eigenvalue weighted by Crippen LogP contribution is -2.42. The molecule has 5 rings (SSSR count). The fourth-order valence-corrected chi connectivity index (χ4v) is 5.01. The Morgan fingerprint density at radius 3 is 2.47 bits per heavy atom. The lowest BCUT2D eigenvalue weighted by Gasteiger charge is -2.36. The first kappa shape index (κ1) is 25.8. The summed E-state index contributed by atoms with van der Waals surface area (Å²) >= 11 is 0. The van der Waals surface area contributed by atoms with E-state index in [1.165, 1.54) is 6.07 Å². The van der Waals surface area contributed by atoms with E-state index in [0.717, 1.165) is 48.7 Å². The topological polar surface area (TPSA) is 53.4 Å². The number of alkyl halides is 3. The van der Waals surface area contributed by atoms with Gasteiger partial charge in [-0.2, -0.15) is 13.2 Å². The van der Waals surface area contributed by atoms with Crippen LogP contribution in [0.1, 0.15) is 24.0 Å². The lowest BCUT2D eigenvalue weighted by atomic mass is 10.0. The Morgan fingerprint density at radius 1 is 1.05 bits per heavy atom. The smallest absolute Gasteiger partial charge is 0.371 e. The molecule has 0 saturated carbocycles.